The van der Waals surface area contributed by atoms with E-state index in [1.54, 1.807) is 19.9 Å². The first-order valence-electron chi connectivity index (χ1n) is 6.91. The van der Waals surface area contributed by atoms with Gasteiger partial charge in [0.25, 0.3) is 0 Å². The van der Waals surface area contributed by atoms with Gasteiger partial charge in [0.2, 0.25) is 11.7 Å². The van der Waals surface area contributed by atoms with Crippen LogP contribution >= 0.6 is 11.6 Å². The molecule has 1 aromatic carbocycles. The minimum Gasteiger partial charge on any atom is -0.389 e. The first kappa shape index (κ1) is 15.9. The normalized spacial score (nSPS) is 12.1. The van der Waals surface area contributed by atoms with Gasteiger partial charge in [0.15, 0.2) is 0 Å². The van der Waals surface area contributed by atoms with E-state index in [0.29, 0.717) is 29.8 Å². The summed E-state index contributed by atoms with van der Waals surface area (Å²) in [5.74, 6) is 0.992. The number of likely N-dealkylation sites (N-methyl/N-ethyl adjacent to an activating group) is 1. The Balaban J connectivity index is 2.11. The topological polar surface area (TPSA) is 62.4 Å². The van der Waals surface area contributed by atoms with Crippen LogP contribution in [0.3, 0.4) is 0 Å². The van der Waals surface area contributed by atoms with Gasteiger partial charge in [-0.25, -0.2) is 0 Å². The van der Waals surface area contributed by atoms with Gasteiger partial charge in [-0.2, -0.15) is 4.98 Å². The van der Waals surface area contributed by atoms with Crippen molar-refractivity contribution in [3.8, 4) is 11.4 Å². The molecular formula is C15H20ClN3O2. The van der Waals surface area contributed by atoms with Gasteiger partial charge in [0.05, 0.1) is 17.2 Å². The standard InChI is InChI=1S/C15H20ClN3O2/c1-4-19(10-15(2,3)20)9-13-17-14(18-21-13)11-7-5-6-8-12(11)16/h5-8,20H,4,9-10H2,1-3H3. The molecule has 2 aromatic rings. The molecule has 21 heavy (non-hydrogen) atoms. The van der Waals surface area contributed by atoms with Crippen LogP contribution in [0.15, 0.2) is 28.8 Å². The minimum atomic E-state index is -0.762. The molecule has 0 saturated heterocycles. The first-order chi connectivity index (χ1) is 9.89. The molecule has 0 saturated carbocycles. The largest absolute Gasteiger partial charge is 0.389 e. The Kier molecular flexibility index (Phi) is 4.98. The summed E-state index contributed by atoms with van der Waals surface area (Å²) in [4.78, 5) is 6.42. The van der Waals surface area contributed by atoms with Gasteiger partial charge in [-0.1, -0.05) is 35.8 Å². The molecule has 0 amide bonds. The van der Waals surface area contributed by atoms with Crippen molar-refractivity contribution in [2.45, 2.75) is 32.9 Å². The Morgan fingerprint density at radius 2 is 2.05 bits per heavy atom. The summed E-state index contributed by atoms with van der Waals surface area (Å²) in [5.41, 5.74) is -0.0126. The molecule has 0 aliphatic rings. The highest BCUT2D eigenvalue weighted by atomic mass is 35.5. The van der Waals surface area contributed by atoms with Crippen LogP contribution in [0.5, 0.6) is 0 Å². The van der Waals surface area contributed by atoms with E-state index < -0.39 is 5.60 Å². The predicted octanol–water partition coefficient (Wildman–Crippen LogP) is 2.98. The maximum Gasteiger partial charge on any atom is 0.241 e. The van der Waals surface area contributed by atoms with Gasteiger partial charge in [0, 0.05) is 12.1 Å². The fraction of sp³-hybridized carbons (Fsp3) is 0.467. The van der Waals surface area contributed by atoms with E-state index in [4.69, 9.17) is 16.1 Å². The Hall–Kier alpha value is -1.43. The Morgan fingerprint density at radius 1 is 1.33 bits per heavy atom. The van der Waals surface area contributed by atoms with Crippen LogP contribution in [0.4, 0.5) is 0 Å². The zero-order valence-corrected chi connectivity index (χ0v) is 13.3. The molecule has 114 valence electrons. The molecule has 5 nitrogen and oxygen atoms in total. The highest BCUT2D eigenvalue weighted by molar-refractivity contribution is 6.33. The third kappa shape index (κ3) is 4.52. The first-order valence-corrected chi connectivity index (χ1v) is 7.29. The molecule has 0 spiro atoms. The van der Waals surface area contributed by atoms with Crippen LogP contribution in [-0.2, 0) is 6.54 Å². The van der Waals surface area contributed by atoms with E-state index >= 15 is 0 Å². The summed E-state index contributed by atoms with van der Waals surface area (Å²) >= 11 is 6.12. The SMILES string of the molecule is CCN(Cc1nc(-c2ccccc2Cl)no1)CC(C)(C)O. The van der Waals surface area contributed by atoms with Crippen molar-refractivity contribution in [1.29, 1.82) is 0 Å². The summed E-state index contributed by atoms with van der Waals surface area (Å²) < 4.78 is 5.28. The monoisotopic (exact) mass is 309 g/mol. The van der Waals surface area contributed by atoms with Crippen molar-refractivity contribution < 1.29 is 9.63 Å². The lowest BCUT2D eigenvalue weighted by atomic mass is 10.1. The third-order valence-electron chi connectivity index (χ3n) is 3.00. The van der Waals surface area contributed by atoms with Crippen LogP contribution in [0.1, 0.15) is 26.7 Å². The Bertz CT molecular complexity index is 593. The molecule has 0 atom stereocenters. The lowest BCUT2D eigenvalue weighted by Gasteiger charge is -2.26. The van der Waals surface area contributed by atoms with Crippen molar-refractivity contribution in [3.63, 3.8) is 0 Å². The lowest BCUT2D eigenvalue weighted by Crippen LogP contribution is -2.38. The quantitative estimate of drug-likeness (QED) is 0.889. The Morgan fingerprint density at radius 3 is 2.67 bits per heavy atom. The molecule has 0 unspecified atom stereocenters. The second-order valence-electron chi connectivity index (χ2n) is 5.61. The van der Waals surface area contributed by atoms with Gasteiger partial charge in [0.1, 0.15) is 0 Å². The molecule has 0 radical (unpaired) electrons. The number of rotatable bonds is 6. The van der Waals surface area contributed by atoms with Crippen molar-refractivity contribution in [3.05, 3.63) is 35.2 Å². The van der Waals surface area contributed by atoms with Gasteiger partial charge in [-0.05, 0) is 32.5 Å². The molecule has 1 heterocycles. The van der Waals surface area contributed by atoms with Crippen molar-refractivity contribution in [2.24, 2.45) is 0 Å². The van der Waals surface area contributed by atoms with E-state index in [2.05, 4.69) is 10.1 Å². The molecule has 0 aliphatic carbocycles. The van der Waals surface area contributed by atoms with E-state index in [1.165, 1.54) is 0 Å². The summed E-state index contributed by atoms with van der Waals surface area (Å²) in [6.45, 7) is 7.40. The second kappa shape index (κ2) is 6.56. The average Bonchev–Trinajstić information content (AvgIpc) is 2.85. The highest BCUT2D eigenvalue weighted by Crippen LogP contribution is 2.25. The zero-order chi connectivity index (χ0) is 15.5. The Labute approximate surface area is 129 Å². The van der Waals surface area contributed by atoms with E-state index in [9.17, 15) is 5.11 Å². The highest BCUT2D eigenvalue weighted by Gasteiger charge is 2.20. The van der Waals surface area contributed by atoms with Crippen LogP contribution < -0.4 is 0 Å². The van der Waals surface area contributed by atoms with Crippen molar-refractivity contribution in [1.82, 2.24) is 15.0 Å². The molecule has 0 fully saturated rings. The summed E-state index contributed by atoms with van der Waals surface area (Å²) in [5, 5.41) is 14.5. The fourth-order valence-electron chi connectivity index (χ4n) is 2.09. The maximum atomic E-state index is 9.89. The van der Waals surface area contributed by atoms with Crippen LogP contribution in [0.25, 0.3) is 11.4 Å². The van der Waals surface area contributed by atoms with E-state index in [1.807, 2.05) is 30.0 Å². The number of hydrogen-bond donors (Lipinski definition) is 1. The second-order valence-corrected chi connectivity index (χ2v) is 6.01. The number of benzene rings is 1. The van der Waals surface area contributed by atoms with Crippen LogP contribution in [0.2, 0.25) is 5.02 Å². The van der Waals surface area contributed by atoms with Crippen molar-refractivity contribution in [2.75, 3.05) is 13.1 Å². The maximum absolute atomic E-state index is 9.89. The van der Waals surface area contributed by atoms with Gasteiger partial charge in [-0.3, -0.25) is 4.90 Å². The number of halogens is 1. The summed E-state index contributed by atoms with van der Waals surface area (Å²) in [6, 6.07) is 7.38. The van der Waals surface area contributed by atoms with Crippen LogP contribution in [0, 0.1) is 0 Å². The molecule has 1 aromatic heterocycles. The number of hydrogen-bond acceptors (Lipinski definition) is 5. The van der Waals surface area contributed by atoms with E-state index in [-0.39, 0.29) is 0 Å². The predicted molar refractivity (Wildman–Crippen MR) is 82.0 cm³/mol. The molecule has 2 rings (SSSR count). The molecule has 0 bridgehead atoms. The third-order valence-corrected chi connectivity index (χ3v) is 3.33. The summed E-state index contributed by atoms with van der Waals surface area (Å²) in [6.07, 6.45) is 0. The fourth-order valence-corrected chi connectivity index (χ4v) is 2.31. The number of nitrogens with zero attached hydrogens (tertiary/aromatic N) is 3. The number of aromatic nitrogens is 2. The minimum absolute atomic E-state index is 0.481. The van der Waals surface area contributed by atoms with E-state index in [0.717, 1.165) is 12.1 Å². The van der Waals surface area contributed by atoms with Crippen molar-refractivity contribution >= 4 is 11.6 Å². The zero-order valence-electron chi connectivity index (χ0n) is 12.5. The lowest BCUT2D eigenvalue weighted by molar-refractivity contribution is 0.0322. The molecule has 0 aliphatic heterocycles. The smallest absolute Gasteiger partial charge is 0.241 e. The number of aliphatic hydroxyl groups is 1. The molecule has 6 heteroatoms. The molecule has 1 N–H and O–H groups in total. The van der Waals surface area contributed by atoms with Crippen LogP contribution in [-0.4, -0.2) is 38.8 Å². The van der Waals surface area contributed by atoms with Gasteiger partial charge >= 0.3 is 0 Å². The van der Waals surface area contributed by atoms with Gasteiger partial charge in [-0.15, -0.1) is 0 Å². The molecular weight excluding hydrogens is 290 g/mol. The average molecular weight is 310 g/mol. The van der Waals surface area contributed by atoms with Gasteiger partial charge < -0.3 is 9.63 Å². The summed E-state index contributed by atoms with van der Waals surface area (Å²) in [7, 11) is 0.